The molecule has 0 spiro atoms. The largest absolute Gasteiger partial charge is 0.388 e. The van der Waals surface area contributed by atoms with E-state index in [2.05, 4.69) is 0 Å². The Morgan fingerprint density at radius 2 is 2.05 bits per heavy atom. The molecule has 5 heteroatoms. The normalized spacial score (nSPS) is 25.4. The minimum absolute atomic E-state index is 0.0391. The van der Waals surface area contributed by atoms with Gasteiger partial charge in [0.25, 0.3) is 0 Å². The van der Waals surface area contributed by atoms with Crippen molar-refractivity contribution in [1.82, 2.24) is 0 Å². The first kappa shape index (κ1) is 15.8. The lowest BCUT2D eigenvalue weighted by Gasteiger charge is -2.32. The first-order valence-corrected chi connectivity index (χ1v) is 9.26. The minimum atomic E-state index is -3.04. The molecular weight excluding hydrogens is 296 g/mol. The fourth-order valence-corrected chi connectivity index (χ4v) is 4.44. The second-order valence-corrected chi connectivity index (χ2v) is 8.50. The molecule has 1 aliphatic rings. The van der Waals surface area contributed by atoms with E-state index in [0.29, 0.717) is 23.4 Å². The molecule has 0 bridgehead atoms. The zero-order chi connectivity index (χ0) is 14.9. The van der Waals surface area contributed by atoms with Crippen LogP contribution in [0, 0.1) is 12.8 Å². The summed E-state index contributed by atoms with van der Waals surface area (Å²) in [6.07, 6.45) is 3.49. The van der Waals surface area contributed by atoms with Crippen molar-refractivity contribution in [2.45, 2.75) is 44.0 Å². The quantitative estimate of drug-likeness (QED) is 0.931. The number of hydrogen-bond acceptors (Lipinski definition) is 3. The Kier molecular flexibility index (Phi) is 4.77. The summed E-state index contributed by atoms with van der Waals surface area (Å²) in [5.74, 6) is -0.0391. The Morgan fingerprint density at radius 1 is 1.35 bits per heavy atom. The summed E-state index contributed by atoms with van der Waals surface area (Å²) in [7, 11) is -3.04. The number of hydrogen-bond donors (Lipinski definition) is 1. The van der Waals surface area contributed by atoms with E-state index in [1.54, 1.807) is 0 Å². The van der Waals surface area contributed by atoms with E-state index in [-0.39, 0.29) is 11.2 Å². The molecule has 3 unspecified atom stereocenters. The fraction of sp³-hybridized carbons (Fsp3) is 0.600. The highest BCUT2D eigenvalue weighted by molar-refractivity contribution is 7.91. The molecule has 1 N–H and O–H groups in total. The Morgan fingerprint density at radius 3 is 2.70 bits per heavy atom. The predicted molar refractivity (Wildman–Crippen MR) is 81.7 cm³/mol. The molecule has 112 valence electrons. The maximum Gasteiger partial charge on any atom is 0.150 e. The summed E-state index contributed by atoms with van der Waals surface area (Å²) in [6.45, 7) is 1.90. The third kappa shape index (κ3) is 3.35. The van der Waals surface area contributed by atoms with Crippen molar-refractivity contribution in [3.8, 4) is 0 Å². The maximum absolute atomic E-state index is 11.7. The van der Waals surface area contributed by atoms with Gasteiger partial charge in [0.05, 0.1) is 11.4 Å². The van der Waals surface area contributed by atoms with E-state index in [1.807, 2.05) is 25.1 Å². The van der Waals surface area contributed by atoms with Gasteiger partial charge < -0.3 is 5.11 Å². The molecule has 1 fully saturated rings. The van der Waals surface area contributed by atoms with E-state index in [1.165, 1.54) is 6.26 Å². The zero-order valence-electron chi connectivity index (χ0n) is 11.8. The minimum Gasteiger partial charge on any atom is -0.388 e. The van der Waals surface area contributed by atoms with E-state index < -0.39 is 15.9 Å². The Hall–Kier alpha value is -0.580. The maximum atomic E-state index is 11.7. The summed E-state index contributed by atoms with van der Waals surface area (Å²) in [6, 6.07) is 5.60. The number of aliphatic hydroxyl groups excluding tert-OH is 1. The van der Waals surface area contributed by atoms with E-state index in [0.717, 1.165) is 18.4 Å². The Bertz CT molecular complexity index is 583. The highest BCUT2D eigenvalue weighted by Gasteiger charge is 2.33. The smallest absolute Gasteiger partial charge is 0.150 e. The van der Waals surface area contributed by atoms with Gasteiger partial charge in [0.15, 0.2) is 0 Å². The van der Waals surface area contributed by atoms with Crippen molar-refractivity contribution in [1.29, 1.82) is 0 Å². The van der Waals surface area contributed by atoms with Gasteiger partial charge in [-0.3, -0.25) is 0 Å². The lowest BCUT2D eigenvalue weighted by molar-refractivity contribution is 0.0857. The Balaban J connectivity index is 2.21. The molecule has 0 aromatic heterocycles. The highest BCUT2D eigenvalue weighted by atomic mass is 35.5. The SMILES string of the molecule is Cc1cccc(C(O)C2CCCC(S(C)(=O)=O)C2)c1Cl. The van der Waals surface area contributed by atoms with Gasteiger partial charge in [-0.05, 0) is 43.2 Å². The van der Waals surface area contributed by atoms with Crippen molar-refractivity contribution in [2.24, 2.45) is 5.92 Å². The lowest BCUT2D eigenvalue weighted by Crippen LogP contribution is -2.30. The van der Waals surface area contributed by atoms with Crippen LogP contribution >= 0.6 is 11.6 Å². The molecule has 0 saturated heterocycles. The van der Waals surface area contributed by atoms with Gasteiger partial charge in [0.2, 0.25) is 0 Å². The molecule has 1 aromatic carbocycles. The van der Waals surface area contributed by atoms with Crippen LogP contribution in [0.15, 0.2) is 18.2 Å². The topological polar surface area (TPSA) is 54.4 Å². The summed E-state index contributed by atoms with van der Waals surface area (Å²) < 4.78 is 23.4. The fourth-order valence-electron chi connectivity index (χ4n) is 3.01. The molecule has 0 aliphatic heterocycles. The van der Waals surface area contributed by atoms with Gasteiger partial charge in [-0.25, -0.2) is 8.42 Å². The summed E-state index contributed by atoms with van der Waals surface area (Å²) >= 11 is 6.26. The molecule has 1 aliphatic carbocycles. The summed E-state index contributed by atoms with van der Waals surface area (Å²) in [4.78, 5) is 0. The van der Waals surface area contributed by atoms with Crippen molar-refractivity contribution in [2.75, 3.05) is 6.26 Å². The third-order valence-corrected chi connectivity index (χ3v) is 6.41. The van der Waals surface area contributed by atoms with Crippen LogP contribution in [-0.4, -0.2) is 25.0 Å². The molecule has 1 aromatic rings. The second-order valence-electron chi connectivity index (χ2n) is 5.80. The molecule has 3 atom stereocenters. The van der Waals surface area contributed by atoms with Crippen LogP contribution in [-0.2, 0) is 9.84 Å². The molecular formula is C15H21ClO3S. The van der Waals surface area contributed by atoms with Gasteiger partial charge in [0, 0.05) is 11.3 Å². The number of aryl methyl sites for hydroxylation is 1. The molecule has 0 radical (unpaired) electrons. The first-order valence-electron chi connectivity index (χ1n) is 6.92. The number of benzene rings is 1. The molecule has 20 heavy (non-hydrogen) atoms. The van der Waals surface area contributed by atoms with Crippen LogP contribution in [0.3, 0.4) is 0 Å². The van der Waals surface area contributed by atoms with Gasteiger partial charge in [0.1, 0.15) is 9.84 Å². The van der Waals surface area contributed by atoms with Crippen molar-refractivity contribution in [3.05, 3.63) is 34.3 Å². The molecule has 1 saturated carbocycles. The Labute approximate surface area is 125 Å². The number of halogens is 1. The predicted octanol–water partition coefficient (Wildman–Crippen LogP) is 3.29. The van der Waals surface area contributed by atoms with Crippen LogP contribution in [0.4, 0.5) is 0 Å². The third-order valence-electron chi connectivity index (χ3n) is 4.26. The molecule has 0 amide bonds. The lowest BCUT2D eigenvalue weighted by atomic mass is 9.82. The summed E-state index contributed by atoms with van der Waals surface area (Å²) in [5, 5.41) is 10.8. The van der Waals surface area contributed by atoms with Crippen LogP contribution in [0.25, 0.3) is 0 Å². The van der Waals surface area contributed by atoms with Crippen molar-refractivity contribution < 1.29 is 13.5 Å². The second kappa shape index (κ2) is 6.04. The zero-order valence-corrected chi connectivity index (χ0v) is 13.4. The number of rotatable bonds is 3. The van der Waals surface area contributed by atoms with Gasteiger partial charge in [-0.1, -0.05) is 36.2 Å². The van der Waals surface area contributed by atoms with Gasteiger partial charge in [-0.2, -0.15) is 0 Å². The highest BCUT2D eigenvalue weighted by Crippen LogP contribution is 2.39. The van der Waals surface area contributed by atoms with Crippen LogP contribution in [0.5, 0.6) is 0 Å². The van der Waals surface area contributed by atoms with Crippen LogP contribution in [0.1, 0.15) is 42.9 Å². The standard InChI is InChI=1S/C15H21ClO3S/c1-10-5-3-8-13(14(10)16)15(17)11-6-4-7-12(9-11)20(2,18)19/h3,5,8,11-12,15,17H,4,6-7,9H2,1-2H3. The van der Waals surface area contributed by atoms with Gasteiger partial charge >= 0.3 is 0 Å². The average Bonchev–Trinajstić information content (AvgIpc) is 2.40. The van der Waals surface area contributed by atoms with Crippen LogP contribution < -0.4 is 0 Å². The molecule has 0 heterocycles. The summed E-state index contributed by atoms with van der Waals surface area (Å²) in [5.41, 5.74) is 1.64. The molecule has 2 rings (SSSR count). The van der Waals surface area contributed by atoms with E-state index in [4.69, 9.17) is 11.6 Å². The van der Waals surface area contributed by atoms with E-state index >= 15 is 0 Å². The number of aliphatic hydroxyl groups is 1. The van der Waals surface area contributed by atoms with Crippen LogP contribution in [0.2, 0.25) is 5.02 Å². The van der Waals surface area contributed by atoms with Gasteiger partial charge in [-0.15, -0.1) is 0 Å². The first-order chi connectivity index (χ1) is 9.30. The van der Waals surface area contributed by atoms with Crippen molar-refractivity contribution in [3.63, 3.8) is 0 Å². The number of sulfone groups is 1. The monoisotopic (exact) mass is 316 g/mol. The van der Waals surface area contributed by atoms with Crippen molar-refractivity contribution >= 4 is 21.4 Å². The van der Waals surface area contributed by atoms with E-state index in [9.17, 15) is 13.5 Å². The molecule has 3 nitrogen and oxygen atoms in total. The average molecular weight is 317 g/mol.